The van der Waals surface area contributed by atoms with Crippen molar-refractivity contribution in [2.24, 2.45) is 0 Å². The second-order valence-electron chi connectivity index (χ2n) is 3.70. The molecule has 96 valence electrons. The van der Waals surface area contributed by atoms with Gasteiger partial charge in [0, 0.05) is 18.5 Å². The van der Waals surface area contributed by atoms with Gasteiger partial charge in [-0.3, -0.25) is 14.9 Å². The summed E-state index contributed by atoms with van der Waals surface area (Å²) in [5, 5.41) is 10.9. The Morgan fingerprint density at radius 1 is 1.32 bits per heavy atom. The van der Waals surface area contributed by atoms with Crippen LogP contribution in [0.5, 0.6) is 11.8 Å². The van der Waals surface area contributed by atoms with Crippen molar-refractivity contribution in [1.82, 2.24) is 9.97 Å². The number of nitro groups is 1. The quantitative estimate of drug-likeness (QED) is 0.475. The number of hydrogen-bond donors (Lipinski definition) is 0. The van der Waals surface area contributed by atoms with Crippen LogP contribution in [0, 0.1) is 17.0 Å². The van der Waals surface area contributed by atoms with E-state index in [-0.39, 0.29) is 17.4 Å². The molecule has 2 rings (SSSR count). The Morgan fingerprint density at radius 2 is 2.00 bits per heavy atom. The summed E-state index contributed by atoms with van der Waals surface area (Å²) in [5.74, 6) is 0.0892. The Kier molecular flexibility index (Phi) is 3.46. The number of para-hydroxylation sites is 1. The normalized spacial score (nSPS) is 9.95. The van der Waals surface area contributed by atoms with Crippen molar-refractivity contribution in [3.05, 3.63) is 51.8 Å². The number of carbonyl (C=O) groups is 1. The molecule has 0 bridgehead atoms. The van der Waals surface area contributed by atoms with Crippen LogP contribution in [0.15, 0.2) is 30.6 Å². The van der Waals surface area contributed by atoms with Crippen molar-refractivity contribution >= 4 is 12.0 Å². The Bertz CT molecular complexity index is 625. The first-order valence-corrected chi connectivity index (χ1v) is 5.31. The third-order valence-electron chi connectivity index (χ3n) is 2.37. The molecule has 0 aliphatic heterocycles. The lowest BCUT2D eigenvalue weighted by Gasteiger charge is -2.06. The van der Waals surface area contributed by atoms with Crippen molar-refractivity contribution in [2.45, 2.75) is 6.92 Å². The number of aromatic nitrogens is 2. The second kappa shape index (κ2) is 5.21. The van der Waals surface area contributed by atoms with Crippen LogP contribution in [0.4, 0.5) is 5.69 Å². The average Bonchev–Trinajstić information content (AvgIpc) is 2.41. The highest BCUT2D eigenvalue weighted by Gasteiger charge is 2.18. The minimum Gasteiger partial charge on any atom is -0.417 e. The van der Waals surface area contributed by atoms with Gasteiger partial charge in [-0.1, -0.05) is 12.1 Å². The molecule has 0 aliphatic carbocycles. The van der Waals surface area contributed by atoms with Gasteiger partial charge in [0.15, 0.2) is 6.29 Å². The molecule has 2 aromatic rings. The summed E-state index contributed by atoms with van der Waals surface area (Å²) >= 11 is 0. The number of aryl methyl sites for hydroxylation is 1. The largest absolute Gasteiger partial charge is 0.417 e. The number of ether oxygens (including phenoxy) is 1. The van der Waals surface area contributed by atoms with E-state index in [9.17, 15) is 14.9 Å². The summed E-state index contributed by atoms with van der Waals surface area (Å²) in [6.45, 7) is 1.68. The van der Waals surface area contributed by atoms with Crippen molar-refractivity contribution < 1.29 is 14.5 Å². The van der Waals surface area contributed by atoms with E-state index >= 15 is 0 Å². The summed E-state index contributed by atoms with van der Waals surface area (Å²) in [6.07, 6.45) is 3.15. The van der Waals surface area contributed by atoms with E-state index in [1.807, 2.05) is 0 Å². The monoisotopic (exact) mass is 259 g/mol. The van der Waals surface area contributed by atoms with E-state index in [0.717, 1.165) is 0 Å². The fraction of sp³-hybridized carbons (Fsp3) is 0.0833. The lowest BCUT2D eigenvalue weighted by Crippen LogP contribution is -1.98. The van der Waals surface area contributed by atoms with E-state index in [4.69, 9.17) is 4.74 Å². The highest BCUT2D eigenvalue weighted by molar-refractivity contribution is 5.73. The fourth-order valence-corrected chi connectivity index (χ4v) is 1.44. The molecule has 7 heteroatoms. The molecule has 7 nitrogen and oxygen atoms in total. The molecule has 0 amide bonds. The van der Waals surface area contributed by atoms with E-state index in [0.29, 0.717) is 17.4 Å². The molecular formula is C12H9N3O4. The molecule has 0 spiro atoms. The predicted molar refractivity (Wildman–Crippen MR) is 65.3 cm³/mol. The zero-order valence-electron chi connectivity index (χ0n) is 9.94. The predicted octanol–water partition coefficient (Wildman–Crippen LogP) is 2.30. The highest BCUT2D eigenvalue weighted by Crippen LogP contribution is 2.32. The number of rotatable bonds is 4. The van der Waals surface area contributed by atoms with Crippen LogP contribution in [-0.4, -0.2) is 21.2 Å². The summed E-state index contributed by atoms with van der Waals surface area (Å²) < 4.78 is 5.32. The number of carbonyl (C=O) groups excluding carboxylic acids is 1. The zero-order chi connectivity index (χ0) is 13.8. The molecular weight excluding hydrogens is 250 g/mol. The Balaban J connectivity index is 2.36. The Labute approximate surface area is 108 Å². The lowest BCUT2D eigenvalue weighted by atomic mass is 10.2. The lowest BCUT2D eigenvalue weighted by molar-refractivity contribution is -0.385. The molecule has 0 radical (unpaired) electrons. The third kappa shape index (κ3) is 2.71. The molecule has 0 fully saturated rings. The number of nitrogens with zero attached hydrogens (tertiary/aromatic N) is 3. The van der Waals surface area contributed by atoms with E-state index < -0.39 is 4.92 Å². The van der Waals surface area contributed by atoms with Gasteiger partial charge in [-0.25, -0.2) is 9.97 Å². The SMILES string of the molecule is Cc1cccc([N+](=O)[O-])c1Oc1ncc(C=O)cn1. The molecule has 19 heavy (non-hydrogen) atoms. The molecule has 0 N–H and O–H groups in total. The van der Waals surface area contributed by atoms with Gasteiger partial charge < -0.3 is 4.74 Å². The zero-order valence-corrected chi connectivity index (χ0v) is 9.94. The first-order valence-electron chi connectivity index (χ1n) is 5.31. The van der Waals surface area contributed by atoms with Gasteiger partial charge in [-0.05, 0) is 12.5 Å². The summed E-state index contributed by atoms with van der Waals surface area (Å²) in [5.41, 5.74) is 0.729. The van der Waals surface area contributed by atoms with Crippen LogP contribution in [0.2, 0.25) is 0 Å². The number of nitro benzene ring substituents is 1. The van der Waals surface area contributed by atoms with E-state index in [1.54, 1.807) is 19.1 Å². The van der Waals surface area contributed by atoms with E-state index in [2.05, 4.69) is 9.97 Å². The molecule has 0 saturated heterocycles. The minimum absolute atomic E-state index is 0.0528. The summed E-state index contributed by atoms with van der Waals surface area (Å²) in [7, 11) is 0. The van der Waals surface area contributed by atoms with Crippen molar-refractivity contribution in [2.75, 3.05) is 0 Å². The maximum Gasteiger partial charge on any atom is 0.322 e. The molecule has 1 aromatic carbocycles. The van der Waals surface area contributed by atoms with Crippen LogP contribution >= 0.6 is 0 Å². The second-order valence-corrected chi connectivity index (χ2v) is 3.70. The molecule has 1 aromatic heterocycles. The standard InChI is InChI=1S/C12H9N3O4/c1-8-3-2-4-10(15(17)18)11(8)19-12-13-5-9(7-16)6-14-12/h2-7H,1H3. The average molecular weight is 259 g/mol. The van der Waals surface area contributed by atoms with Crippen LogP contribution in [-0.2, 0) is 0 Å². The van der Waals surface area contributed by atoms with Gasteiger partial charge in [-0.2, -0.15) is 0 Å². The topological polar surface area (TPSA) is 95.2 Å². The van der Waals surface area contributed by atoms with Crippen LogP contribution in [0.1, 0.15) is 15.9 Å². The number of benzene rings is 1. The van der Waals surface area contributed by atoms with Gasteiger partial charge in [0.25, 0.3) is 0 Å². The molecule has 0 saturated carbocycles. The fourth-order valence-electron chi connectivity index (χ4n) is 1.44. The van der Waals surface area contributed by atoms with Gasteiger partial charge in [0.2, 0.25) is 5.75 Å². The third-order valence-corrected chi connectivity index (χ3v) is 2.37. The minimum atomic E-state index is -0.540. The smallest absolute Gasteiger partial charge is 0.322 e. The maximum atomic E-state index is 10.9. The maximum absolute atomic E-state index is 10.9. The Hall–Kier alpha value is -2.83. The van der Waals surface area contributed by atoms with Gasteiger partial charge in [0.1, 0.15) is 0 Å². The van der Waals surface area contributed by atoms with Crippen molar-refractivity contribution in [3.63, 3.8) is 0 Å². The first kappa shape index (κ1) is 12.6. The van der Waals surface area contributed by atoms with Gasteiger partial charge in [0.05, 0.1) is 10.5 Å². The van der Waals surface area contributed by atoms with Crippen LogP contribution in [0.25, 0.3) is 0 Å². The molecule has 0 aliphatic rings. The first-order chi connectivity index (χ1) is 9.11. The summed E-state index contributed by atoms with van der Waals surface area (Å²) in [6, 6.07) is 4.53. The van der Waals surface area contributed by atoms with Crippen LogP contribution in [0.3, 0.4) is 0 Å². The highest BCUT2D eigenvalue weighted by atomic mass is 16.6. The van der Waals surface area contributed by atoms with Crippen molar-refractivity contribution in [3.8, 4) is 11.8 Å². The summed E-state index contributed by atoms with van der Waals surface area (Å²) in [4.78, 5) is 28.4. The number of aldehydes is 1. The molecule has 0 unspecified atom stereocenters. The van der Waals surface area contributed by atoms with Crippen LogP contribution < -0.4 is 4.74 Å². The Morgan fingerprint density at radius 3 is 2.58 bits per heavy atom. The van der Waals surface area contributed by atoms with Gasteiger partial charge >= 0.3 is 11.7 Å². The molecule has 0 atom stereocenters. The van der Waals surface area contributed by atoms with E-state index in [1.165, 1.54) is 18.5 Å². The number of hydrogen-bond acceptors (Lipinski definition) is 6. The van der Waals surface area contributed by atoms with Crippen molar-refractivity contribution in [1.29, 1.82) is 0 Å². The van der Waals surface area contributed by atoms with Gasteiger partial charge in [-0.15, -0.1) is 0 Å². The molecule has 1 heterocycles.